The number of furan rings is 1. The molecule has 0 aliphatic heterocycles. The molecule has 1 unspecified atom stereocenters. The van der Waals surface area contributed by atoms with E-state index in [4.69, 9.17) is 40.8 Å². The number of rotatable bonds is 15. The van der Waals surface area contributed by atoms with E-state index in [1.165, 1.54) is 13.4 Å². The van der Waals surface area contributed by atoms with Crippen LogP contribution in [0.15, 0.2) is 156 Å². The van der Waals surface area contributed by atoms with Crippen LogP contribution in [-0.2, 0) is 28.0 Å². The SMILES string of the molecule is CCCCc1nc(Cl)c(C(OC)c2occc2C(=O)OC)n1Cc1ccc(-c2ccccc2)c(-c2nnnn2C(c2ccccc2)(c2ccccc2)c2ccccc2)c1. The number of carbonyl (C=O) groups is 1. The molecule has 0 radical (unpaired) electrons. The minimum Gasteiger partial charge on any atom is -0.465 e. The third-order valence-electron chi connectivity index (χ3n) is 10.7. The maximum atomic E-state index is 12.8. The lowest BCUT2D eigenvalue weighted by molar-refractivity contribution is 0.0583. The number of methoxy groups -OCH3 is 2. The van der Waals surface area contributed by atoms with Crippen molar-refractivity contribution in [2.45, 2.75) is 44.4 Å². The van der Waals surface area contributed by atoms with E-state index in [0.29, 0.717) is 24.5 Å². The Hall–Kier alpha value is -6.62. The van der Waals surface area contributed by atoms with Gasteiger partial charge in [0.15, 0.2) is 22.8 Å². The molecule has 10 nitrogen and oxygen atoms in total. The number of aromatic nitrogens is 6. The van der Waals surface area contributed by atoms with Gasteiger partial charge in [-0.05, 0) is 62.4 Å². The number of hydrogen-bond acceptors (Lipinski definition) is 8. The van der Waals surface area contributed by atoms with Crippen molar-refractivity contribution in [3.63, 3.8) is 0 Å². The van der Waals surface area contributed by atoms with Crippen molar-refractivity contribution in [3.8, 4) is 22.5 Å². The molecule has 8 rings (SSSR count). The quantitative estimate of drug-likeness (QED) is 0.0744. The average Bonchev–Trinajstić information content (AvgIpc) is 4.05. The summed E-state index contributed by atoms with van der Waals surface area (Å²) in [6.07, 6.45) is 3.12. The molecule has 8 aromatic rings. The van der Waals surface area contributed by atoms with Crippen molar-refractivity contribution in [3.05, 3.63) is 202 Å². The molecule has 5 aromatic carbocycles. The van der Waals surface area contributed by atoms with Gasteiger partial charge < -0.3 is 18.5 Å². The maximum absolute atomic E-state index is 12.8. The van der Waals surface area contributed by atoms with Crippen LogP contribution in [0.3, 0.4) is 0 Å². The first kappa shape index (κ1) is 39.2. The van der Waals surface area contributed by atoms with Crippen LogP contribution >= 0.6 is 11.6 Å². The molecule has 59 heavy (non-hydrogen) atoms. The van der Waals surface area contributed by atoms with E-state index in [2.05, 4.69) is 83.4 Å². The third kappa shape index (κ3) is 7.37. The molecule has 3 heterocycles. The standard InChI is InChI=1S/C48H43ClN6O4/c1-4-5-26-41-50-45(49)42(44(57-2)43-39(29-30-59-43)47(56)58-3)54(41)32-33-27-28-38(34-18-10-6-11-19-34)40(31-33)46-51-52-53-55(46)48(35-20-12-7-13-21-35,36-22-14-8-15-23-36)37-24-16-9-17-25-37/h6-25,27-31,44H,4-5,26,32H2,1-3H3. The topological polar surface area (TPSA) is 110 Å². The molecule has 3 aromatic heterocycles. The lowest BCUT2D eigenvalue weighted by Crippen LogP contribution is -2.39. The predicted octanol–water partition coefficient (Wildman–Crippen LogP) is 10.2. The highest BCUT2D eigenvalue weighted by molar-refractivity contribution is 6.30. The second-order valence-corrected chi connectivity index (χ2v) is 14.5. The first-order valence-corrected chi connectivity index (χ1v) is 19.9. The molecule has 11 heteroatoms. The minimum atomic E-state index is -0.961. The van der Waals surface area contributed by atoms with Gasteiger partial charge in [-0.2, -0.15) is 0 Å². The summed E-state index contributed by atoms with van der Waals surface area (Å²) in [5.74, 6) is 1.10. The van der Waals surface area contributed by atoms with Gasteiger partial charge in [0, 0.05) is 25.6 Å². The molecule has 0 aliphatic carbocycles. The largest absolute Gasteiger partial charge is 0.465 e. The minimum absolute atomic E-state index is 0.248. The predicted molar refractivity (Wildman–Crippen MR) is 227 cm³/mol. The van der Waals surface area contributed by atoms with Crippen LogP contribution in [0.2, 0.25) is 5.15 Å². The molecule has 0 saturated carbocycles. The van der Waals surface area contributed by atoms with Crippen LogP contribution in [0, 0.1) is 0 Å². The number of halogens is 1. The summed E-state index contributed by atoms with van der Waals surface area (Å²) in [5.41, 5.74) is 6.58. The summed E-state index contributed by atoms with van der Waals surface area (Å²) < 4.78 is 21.0. The normalized spacial score (nSPS) is 12.1. The maximum Gasteiger partial charge on any atom is 0.341 e. The van der Waals surface area contributed by atoms with E-state index >= 15 is 0 Å². The third-order valence-corrected chi connectivity index (χ3v) is 11.0. The Morgan fingerprint density at radius 1 is 0.797 bits per heavy atom. The fourth-order valence-electron chi connectivity index (χ4n) is 7.99. The number of benzene rings is 5. The van der Waals surface area contributed by atoms with Crippen LogP contribution in [0.4, 0.5) is 0 Å². The highest BCUT2D eigenvalue weighted by Gasteiger charge is 2.42. The molecule has 0 bridgehead atoms. The second-order valence-electron chi connectivity index (χ2n) is 14.2. The van der Waals surface area contributed by atoms with Crippen LogP contribution < -0.4 is 0 Å². The van der Waals surface area contributed by atoms with Crippen molar-refractivity contribution >= 4 is 17.6 Å². The zero-order valence-electron chi connectivity index (χ0n) is 33.0. The average molecular weight is 803 g/mol. The van der Waals surface area contributed by atoms with Gasteiger partial charge in [-0.1, -0.05) is 158 Å². The number of nitrogens with zero attached hydrogens (tertiary/aromatic N) is 6. The summed E-state index contributed by atoms with van der Waals surface area (Å²) >= 11 is 7.02. The molecular weight excluding hydrogens is 760 g/mol. The lowest BCUT2D eigenvalue weighted by Gasteiger charge is -2.36. The van der Waals surface area contributed by atoms with E-state index in [0.717, 1.165) is 57.6 Å². The summed E-state index contributed by atoms with van der Waals surface area (Å²) in [7, 11) is 2.89. The number of imidazole rings is 1. The molecule has 0 saturated heterocycles. The molecule has 0 aliphatic rings. The Labute approximate surface area is 348 Å². The first-order chi connectivity index (χ1) is 29.0. The smallest absolute Gasteiger partial charge is 0.341 e. The number of carbonyl (C=O) groups excluding carboxylic acids is 1. The van der Waals surface area contributed by atoms with Crippen molar-refractivity contribution in [1.82, 2.24) is 29.8 Å². The number of unbranched alkanes of at least 4 members (excludes halogenated alkanes) is 1. The Bertz CT molecular complexity index is 2550. The number of esters is 1. The first-order valence-electron chi connectivity index (χ1n) is 19.6. The van der Waals surface area contributed by atoms with Crippen molar-refractivity contribution in [1.29, 1.82) is 0 Å². The number of hydrogen-bond donors (Lipinski definition) is 0. The monoisotopic (exact) mass is 802 g/mol. The number of ether oxygens (including phenoxy) is 2. The van der Waals surface area contributed by atoms with Gasteiger partial charge in [-0.15, -0.1) is 5.10 Å². The van der Waals surface area contributed by atoms with Crippen molar-refractivity contribution in [2.24, 2.45) is 0 Å². The Balaban J connectivity index is 1.35. The Morgan fingerprint density at radius 2 is 1.41 bits per heavy atom. The van der Waals surface area contributed by atoms with Crippen LogP contribution in [0.1, 0.15) is 75.8 Å². The zero-order chi connectivity index (χ0) is 40.8. The van der Waals surface area contributed by atoms with Gasteiger partial charge in [0.25, 0.3) is 0 Å². The molecule has 0 spiro atoms. The van der Waals surface area contributed by atoms with E-state index in [1.807, 2.05) is 77.5 Å². The molecule has 0 amide bonds. The van der Waals surface area contributed by atoms with Gasteiger partial charge >= 0.3 is 5.97 Å². The summed E-state index contributed by atoms with van der Waals surface area (Å²) in [6, 6.07) is 49.3. The molecule has 0 N–H and O–H groups in total. The van der Waals surface area contributed by atoms with E-state index < -0.39 is 17.6 Å². The summed E-state index contributed by atoms with van der Waals surface area (Å²) in [5, 5.41) is 14.4. The van der Waals surface area contributed by atoms with E-state index in [9.17, 15) is 4.79 Å². The molecule has 0 fully saturated rings. The summed E-state index contributed by atoms with van der Waals surface area (Å²) in [4.78, 5) is 17.7. The van der Waals surface area contributed by atoms with Gasteiger partial charge in [0.2, 0.25) is 0 Å². The van der Waals surface area contributed by atoms with Gasteiger partial charge in [0.1, 0.15) is 16.9 Å². The molecule has 296 valence electrons. The van der Waals surface area contributed by atoms with Crippen molar-refractivity contribution in [2.75, 3.05) is 14.2 Å². The fourth-order valence-corrected chi connectivity index (χ4v) is 8.29. The molecule has 1 atom stereocenters. The van der Waals surface area contributed by atoms with Gasteiger partial charge in [-0.25, -0.2) is 14.5 Å². The van der Waals surface area contributed by atoms with E-state index in [1.54, 1.807) is 13.2 Å². The second kappa shape index (κ2) is 17.5. The lowest BCUT2D eigenvalue weighted by atomic mass is 9.77. The summed E-state index contributed by atoms with van der Waals surface area (Å²) in [6.45, 7) is 2.51. The Kier molecular flexibility index (Phi) is 11.6. The number of tetrazole rings is 1. The van der Waals surface area contributed by atoms with Crippen molar-refractivity contribution < 1.29 is 18.7 Å². The molecular formula is C48H43ClN6O4. The highest BCUT2D eigenvalue weighted by Crippen LogP contribution is 2.44. The fraction of sp³-hybridized carbons (Fsp3) is 0.188. The highest BCUT2D eigenvalue weighted by atomic mass is 35.5. The van der Waals surface area contributed by atoms with Crippen LogP contribution in [0.25, 0.3) is 22.5 Å². The van der Waals surface area contributed by atoms with Gasteiger partial charge in [-0.3, -0.25) is 0 Å². The van der Waals surface area contributed by atoms with Crippen LogP contribution in [0.5, 0.6) is 0 Å². The Morgan fingerprint density at radius 3 is 1.98 bits per heavy atom. The van der Waals surface area contributed by atoms with Gasteiger partial charge in [0.05, 0.1) is 19.1 Å². The van der Waals surface area contributed by atoms with Crippen LogP contribution in [-0.4, -0.2) is 49.9 Å². The zero-order valence-corrected chi connectivity index (χ0v) is 33.8. The number of aryl methyl sites for hydroxylation is 1. The van der Waals surface area contributed by atoms with E-state index in [-0.39, 0.29) is 16.5 Å².